The van der Waals surface area contributed by atoms with Gasteiger partial charge in [0.1, 0.15) is 5.75 Å². The third-order valence-electron chi connectivity index (χ3n) is 5.90. The molecule has 1 unspecified atom stereocenters. The van der Waals surface area contributed by atoms with Crippen molar-refractivity contribution in [1.82, 2.24) is 16.0 Å². The van der Waals surface area contributed by atoms with E-state index in [0.29, 0.717) is 30.0 Å². The number of benzene rings is 1. The molecule has 3 amide bonds. The first-order valence-corrected chi connectivity index (χ1v) is 11.2. The number of amides is 3. The van der Waals surface area contributed by atoms with E-state index in [4.69, 9.17) is 9.47 Å². The van der Waals surface area contributed by atoms with Gasteiger partial charge in [0.2, 0.25) is 11.5 Å². The number of piperidine rings is 1. The summed E-state index contributed by atoms with van der Waals surface area (Å²) in [6.07, 6.45) is 2.32. The minimum absolute atomic E-state index is 0.0786. The lowest BCUT2D eigenvalue weighted by Crippen LogP contribution is -2.58. The lowest BCUT2D eigenvalue weighted by Gasteiger charge is -2.40. The number of methoxy groups -OCH3 is 1. The number of fused-ring (bicyclic) bond motifs is 1. The van der Waals surface area contributed by atoms with Gasteiger partial charge in [0.05, 0.1) is 12.3 Å². The van der Waals surface area contributed by atoms with E-state index < -0.39 is 5.60 Å². The van der Waals surface area contributed by atoms with Gasteiger partial charge in [-0.3, -0.25) is 14.4 Å². The summed E-state index contributed by atoms with van der Waals surface area (Å²) < 4.78 is 11.3. The van der Waals surface area contributed by atoms with Crippen molar-refractivity contribution >= 4 is 23.4 Å². The van der Waals surface area contributed by atoms with Gasteiger partial charge in [-0.25, -0.2) is 0 Å². The van der Waals surface area contributed by atoms with Gasteiger partial charge in [0, 0.05) is 44.8 Å². The molecule has 176 valence electrons. The lowest BCUT2D eigenvalue weighted by molar-refractivity contribution is -0.138. The Balaban J connectivity index is 1.90. The van der Waals surface area contributed by atoms with Crippen LogP contribution in [0.15, 0.2) is 12.1 Å². The van der Waals surface area contributed by atoms with Crippen LogP contribution in [0.3, 0.4) is 0 Å². The molecule has 0 bridgehead atoms. The highest BCUT2D eigenvalue weighted by Gasteiger charge is 2.45. The maximum atomic E-state index is 13.3. The zero-order valence-corrected chi connectivity index (χ0v) is 19.4. The highest BCUT2D eigenvalue weighted by Crippen LogP contribution is 2.40. The Bertz CT molecular complexity index is 868. The monoisotopic (exact) mass is 446 g/mol. The van der Waals surface area contributed by atoms with Crippen molar-refractivity contribution in [2.45, 2.75) is 51.7 Å². The lowest BCUT2D eigenvalue weighted by atomic mass is 9.98. The number of carbonyl (C=O) groups is 3. The first kappa shape index (κ1) is 24.0. The molecule has 0 saturated carbocycles. The smallest absolute Gasteiger partial charge is 0.273 e. The Morgan fingerprint density at radius 2 is 2.16 bits per heavy atom. The number of hydrogen-bond acceptors (Lipinski definition) is 6. The number of nitrogens with zero attached hydrogens (tertiary/aromatic N) is 1. The fraction of sp³-hybridized carbons (Fsp3) is 0.609. The summed E-state index contributed by atoms with van der Waals surface area (Å²) in [4.78, 5) is 39.6. The van der Waals surface area contributed by atoms with E-state index in [-0.39, 0.29) is 36.9 Å². The Hall–Kier alpha value is -2.65. The van der Waals surface area contributed by atoms with Gasteiger partial charge in [0.25, 0.3) is 11.8 Å². The van der Waals surface area contributed by atoms with Crippen LogP contribution in [0, 0.1) is 6.92 Å². The Morgan fingerprint density at radius 3 is 2.81 bits per heavy atom. The molecule has 1 fully saturated rings. The second-order valence-corrected chi connectivity index (χ2v) is 8.58. The molecule has 1 aromatic rings. The van der Waals surface area contributed by atoms with Gasteiger partial charge < -0.3 is 30.3 Å². The SMILES string of the molecule is CCC(=O)NCCN1C(=O)C(C)(COC)Oc2cc(C)c(C(=O)N[C@@H]3CCCNC3)cc21. The molecule has 9 heteroatoms. The first-order valence-electron chi connectivity index (χ1n) is 11.2. The van der Waals surface area contributed by atoms with E-state index in [9.17, 15) is 14.4 Å². The van der Waals surface area contributed by atoms with Crippen molar-refractivity contribution in [2.24, 2.45) is 0 Å². The van der Waals surface area contributed by atoms with Crippen LogP contribution in [0.25, 0.3) is 0 Å². The van der Waals surface area contributed by atoms with Gasteiger partial charge in [0.15, 0.2) is 0 Å². The largest absolute Gasteiger partial charge is 0.473 e. The first-order chi connectivity index (χ1) is 15.3. The van der Waals surface area contributed by atoms with Gasteiger partial charge in [-0.15, -0.1) is 0 Å². The van der Waals surface area contributed by atoms with E-state index in [0.717, 1.165) is 31.5 Å². The van der Waals surface area contributed by atoms with Crippen LogP contribution in [0.5, 0.6) is 5.75 Å². The molecule has 3 N–H and O–H groups in total. The Labute approximate surface area is 189 Å². The summed E-state index contributed by atoms with van der Waals surface area (Å²) in [5, 5.41) is 9.18. The average Bonchev–Trinajstić information content (AvgIpc) is 2.76. The third kappa shape index (κ3) is 5.21. The Kier molecular flexibility index (Phi) is 7.73. The molecular weight excluding hydrogens is 412 g/mol. The van der Waals surface area contributed by atoms with Crippen molar-refractivity contribution in [1.29, 1.82) is 0 Å². The minimum atomic E-state index is -1.19. The average molecular weight is 447 g/mol. The van der Waals surface area contributed by atoms with E-state index in [1.807, 2.05) is 6.92 Å². The van der Waals surface area contributed by atoms with Crippen LogP contribution in [-0.4, -0.2) is 69.3 Å². The predicted octanol–water partition coefficient (Wildman–Crippen LogP) is 1.13. The van der Waals surface area contributed by atoms with Gasteiger partial charge in [-0.1, -0.05) is 6.92 Å². The maximum absolute atomic E-state index is 13.3. The van der Waals surface area contributed by atoms with E-state index in [2.05, 4.69) is 16.0 Å². The second kappa shape index (κ2) is 10.3. The topological polar surface area (TPSA) is 109 Å². The predicted molar refractivity (Wildman–Crippen MR) is 121 cm³/mol. The summed E-state index contributed by atoms with van der Waals surface area (Å²) in [6, 6.07) is 3.58. The van der Waals surface area contributed by atoms with Crippen LogP contribution >= 0.6 is 0 Å². The summed E-state index contributed by atoms with van der Waals surface area (Å²) in [5.41, 5.74) is 0.592. The number of aryl methyl sites for hydroxylation is 1. The molecular formula is C23H34N4O5. The zero-order valence-electron chi connectivity index (χ0n) is 19.4. The molecule has 2 aliphatic rings. The molecule has 1 aromatic carbocycles. The van der Waals surface area contributed by atoms with Crippen LogP contribution in [0.1, 0.15) is 49.0 Å². The summed E-state index contributed by atoms with van der Waals surface area (Å²) >= 11 is 0. The number of anilines is 1. The quantitative estimate of drug-likeness (QED) is 0.553. The van der Waals surface area contributed by atoms with Crippen molar-refractivity contribution in [3.63, 3.8) is 0 Å². The van der Waals surface area contributed by atoms with E-state index in [1.165, 1.54) is 7.11 Å². The number of carbonyl (C=O) groups excluding carboxylic acids is 3. The fourth-order valence-corrected chi connectivity index (χ4v) is 4.15. The van der Waals surface area contributed by atoms with E-state index >= 15 is 0 Å². The fourth-order valence-electron chi connectivity index (χ4n) is 4.15. The third-order valence-corrected chi connectivity index (χ3v) is 5.90. The van der Waals surface area contributed by atoms with Gasteiger partial charge >= 0.3 is 0 Å². The summed E-state index contributed by atoms with van der Waals surface area (Å²) in [6.45, 7) is 7.66. The van der Waals surface area contributed by atoms with Crippen molar-refractivity contribution < 1.29 is 23.9 Å². The Morgan fingerprint density at radius 1 is 1.38 bits per heavy atom. The molecule has 0 aromatic heterocycles. The molecule has 2 atom stereocenters. The van der Waals surface area contributed by atoms with Crippen LogP contribution < -0.4 is 25.6 Å². The standard InChI is InChI=1S/C23H34N4O5/c1-5-20(28)25-9-10-27-18-12-17(21(29)26-16-7-6-8-24-13-16)15(2)11-19(18)32-23(3,14-31-4)22(27)30/h11-12,16,24H,5-10,13-14H2,1-4H3,(H,25,28)(H,26,29)/t16-,23?/m1/s1. The number of ether oxygens (including phenoxy) is 2. The number of nitrogens with one attached hydrogen (secondary N) is 3. The molecule has 2 aliphatic heterocycles. The molecule has 3 rings (SSSR count). The molecule has 32 heavy (non-hydrogen) atoms. The number of hydrogen-bond donors (Lipinski definition) is 3. The molecule has 0 spiro atoms. The maximum Gasteiger partial charge on any atom is 0.273 e. The molecule has 0 aliphatic carbocycles. The number of rotatable bonds is 8. The molecule has 0 radical (unpaired) electrons. The van der Waals surface area contributed by atoms with Crippen LogP contribution in [0.2, 0.25) is 0 Å². The van der Waals surface area contributed by atoms with Crippen molar-refractivity contribution in [3.8, 4) is 5.75 Å². The molecule has 1 saturated heterocycles. The zero-order chi connectivity index (χ0) is 23.3. The minimum Gasteiger partial charge on any atom is -0.473 e. The van der Waals surface area contributed by atoms with Crippen LogP contribution in [-0.2, 0) is 14.3 Å². The van der Waals surface area contributed by atoms with Gasteiger partial charge in [-0.2, -0.15) is 0 Å². The van der Waals surface area contributed by atoms with Crippen molar-refractivity contribution in [3.05, 3.63) is 23.3 Å². The molecule has 2 heterocycles. The normalized spacial score (nSPS) is 22.7. The van der Waals surface area contributed by atoms with E-state index in [1.54, 1.807) is 30.9 Å². The molecule has 9 nitrogen and oxygen atoms in total. The highest BCUT2D eigenvalue weighted by atomic mass is 16.5. The van der Waals surface area contributed by atoms with Crippen LogP contribution in [0.4, 0.5) is 5.69 Å². The highest BCUT2D eigenvalue weighted by molar-refractivity contribution is 6.05. The van der Waals surface area contributed by atoms with Crippen molar-refractivity contribution in [2.75, 3.05) is 44.8 Å². The van der Waals surface area contributed by atoms with Gasteiger partial charge in [-0.05, 0) is 50.9 Å². The summed E-state index contributed by atoms with van der Waals surface area (Å²) in [5.74, 6) is -0.0183. The summed E-state index contributed by atoms with van der Waals surface area (Å²) in [7, 11) is 1.52. The second-order valence-electron chi connectivity index (χ2n) is 8.58.